The Kier molecular flexibility index (Phi) is 6.35. The van der Waals surface area contributed by atoms with Crippen molar-refractivity contribution in [3.05, 3.63) is 40.2 Å². The first kappa shape index (κ1) is 16.6. The van der Waals surface area contributed by atoms with E-state index in [1.165, 1.54) is 12.6 Å². The molecule has 0 radical (unpaired) electrons. The molecule has 1 heterocycles. The Labute approximate surface area is 127 Å². The summed E-state index contributed by atoms with van der Waals surface area (Å²) in [5.74, 6) is -0.262. The first-order valence-electron chi connectivity index (χ1n) is 6.30. The minimum Gasteiger partial charge on any atom is -0.497 e. The topological polar surface area (TPSA) is 94.3 Å². The number of carbonyl (C=O) groups excluding carboxylic acids is 2. The van der Waals surface area contributed by atoms with Crippen LogP contribution in [0, 0.1) is 0 Å². The van der Waals surface area contributed by atoms with Crippen molar-refractivity contribution in [1.29, 1.82) is 0 Å². The van der Waals surface area contributed by atoms with Crippen molar-refractivity contribution in [3.8, 4) is 5.75 Å². The summed E-state index contributed by atoms with van der Waals surface area (Å²) >= 11 is 1.08. The molecule has 0 bridgehead atoms. The number of hydrogen-bond acceptors (Lipinski definition) is 5. The molecule has 7 heteroatoms. The Bertz CT molecular complexity index is 625. The first-order chi connectivity index (χ1) is 10.1. The number of benzene rings is 1. The molecule has 0 aliphatic carbocycles. The summed E-state index contributed by atoms with van der Waals surface area (Å²) in [7, 11) is 1.52. The highest BCUT2D eigenvalue weighted by Gasteiger charge is 2.15. The van der Waals surface area contributed by atoms with E-state index in [1.54, 1.807) is 24.3 Å². The van der Waals surface area contributed by atoms with Gasteiger partial charge in [0.15, 0.2) is 5.82 Å². The maximum Gasteiger partial charge on any atom is 0.262 e. The Balaban J connectivity index is 0.00000106. The van der Waals surface area contributed by atoms with Crippen LogP contribution in [0.25, 0.3) is 0 Å². The second kappa shape index (κ2) is 8.01. The van der Waals surface area contributed by atoms with E-state index in [2.05, 4.69) is 10.3 Å². The lowest BCUT2D eigenvalue weighted by atomic mass is 10.2. The largest absolute Gasteiger partial charge is 0.497 e. The van der Waals surface area contributed by atoms with Crippen LogP contribution in [0.4, 0.5) is 5.82 Å². The number of methoxy groups -OCH3 is 1. The van der Waals surface area contributed by atoms with Crippen molar-refractivity contribution < 1.29 is 14.3 Å². The molecule has 2 rings (SSSR count). The van der Waals surface area contributed by atoms with Crippen LogP contribution in [0.1, 0.15) is 33.9 Å². The maximum absolute atomic E-state index is 12.0. The van der Waals surface area contributed by atoms with Gasteiger partial charge in [-0.05, 0) is 18.2 Å². The molecule has 0 saturated heterocycles. The average molecular weight is 307 g/mol. The van der Waals surface area contributed by atoms with Crippen LogP contribution in [-0.4, -0.2) is 23.9 Å². The number of hydrogen-bond donors (Lipinski definition) is 2. The number of aromatic nitrogens is 1. The smallest absolute Gasteiger partial charge is 0.262 e. The summed E-state index contributed by atoms with van der Waals surface area (Å²) in [6.45, 7) is 4.00. The standard InChI is InChI=1S/C12H11N3O3S.C2H6/c1-18-8-4-2-3-7(5-8)12(17)15-11-9(10(13)16)19-6-14-11;1-2/h2-6H,1H3,(H2,13,16)(H,15,17);1-2H3. The molecule has 1 aromatic carbocycles. The molecule has 0 aliphatic rings. The molecule has 0 fully saturated rings. The number of nitrogens with two attached hydrogens (primary N) is 1. The Hall–Kier alpha value is -2.41. The van der Waals surface area contributed by atoms with E-state index in [1.807, 2.05) is 13.8 Å². The Morgan fingerprint density at radius 2 is 2.05 bits per heavy atom. The minimum atomic E-state index is -0.622. The lowest BCUT2D eigenvalue weighted by Crippen LogP contribution is -2.17. The number of ether oxygens (including phenoxy) is 1. The van der Waals surface area contributed by atoms with Crippen molar-refractivity contribution in [2.45, 2.75) is 13.8 Å². The van der Waals surface area contributed by atoms with Gasteiger partial charge in [-0.1, -0.05) is 19.9 Å². The van der Waals surface area contributed by atoms with Gasteiger partial charge >= 0.3 is 0 Å². The normalized spacial score (nSPS) is 9.29. The van der Waals surface area contributed by atoms with E-state index in [0.717, 1.165) is 11.3 Å². The van der Waals surface area contributed by atoms with Crippen molar-refractivity contribution in [1.82, 2.24) is 4.98 Å². The zero-order valence-electron chi connectivity index (χ0n) is 12.0. The molecule has 0 unspecified atom stereocenters. The molecular formula is C14H17N3O3S. The number of nitrogens with zero attached hydrogens (tertiary/aromatic N) is 1. The first-order valence-corrected chi connectivity index (χ1v) is 7.18. The zero-order chi connectivity index (χ0) is 15.8. The Morgan fingerprint density at radius 3 is 2.67 bits per heavy atom. The third-order valence-electron chi connectivity index (χ3n) is 2.36. The quantitative estimate of drug-likeness (QED) is 0.907. The van der Waals surface area contributed by atoms with Crippen LogP contribution < -0.4 is 15.8 Å². The molecule has 2 amide bonds. The lowest BCUT2D eigenvalue weighted by Gasteiger charge is -2.05. The van der Waals surface area contributed by atoms with E-state index in [9.17, 15) is 9.59 Å². The maximum atomic E-state index is 12.0. The fourth-order valence-corrected chi connectivity index (χ4v) is 2.05. The third kappa shape index (κ3) is 4.28. The highest BCUT2D eigenvalue weighted by molar-refractivity contribution is 7.12. The summed E-state index contributed by atoms with van der Waals surface area (Å²) in [4.78, 5) is 27.2. The number of primary amides is 1. The van der Waals surface area contributed by atoms with Crippen LogP contribution in [-0.2, 0) is 0 Å². The fourth-order valence-electron chi connectivity index (χ4n) is 1.45. The summed E-state index contributed by atoms with van der Waals surface area (Å²) in [5.41, 5.74) is 7.03. The highest BCUT2D eigenvalue weighted by Crippen LogP contribution is 2.19. The molecule has 6 nitrogen and oxygen atoms in total. The van der Waals surface area contributed by atoms with Crippen LogP contribution in [0.2, 0.25) is 0 Å². The lowest BCUT2D eigenvalue weighted by molar-refractivity contribution is 0.100. The van der Waals surface area contributed by atoms with Gasteiger partial charge in [-0.3, -0.25) is 9.59 Å². The molecule has 0 saturated carbocycles. The number of carbonyl (C=O) groups is 2. The van der Waals surface area contributed by atoms with Gasteiger partial charge in [-0.15, -0.1) is 11.3 Å². The van der Waals surface area contributed by atoms with E-state index >= 15 is 0 Å². The Morgan fingerprint density at radius 1 is 1.33 bits per heavy atom. The van der Waals surface area contributed by atoms with Gasteiger partial charge in [-0.2, -0.15) is 0 Å². The van der Waals surface area contributed by atoms with Gasteiger partial charge in [0.1, 0.15) is 10.6 Å². The average Bonchev–Trinajstić information content (AvgIpc) is 2.97. The van der Waals surface area contributed by atoms with Gasteiger partial charge in [0.25, 0.3) is 11.8 Å². The van der Waals surface area contributed by atoms with E-state index < -0.39 is 5.91 Å². The molecule has 0 spiro atoms. The molecule has 112 valence electrons. The van der Waals surface area contributed by atoms with Gasteiger partial charge in [0, 0.05) is 5.56 Å². The zero-order valence-corrected chi connectivity index (χ0v) is 12.9. The molecule has 0 aliphatic heterocycles. The predicted octanol–water partition coefficient (Wildman–Crippen LogP) is 2.53. The van der Waals surface area contributed by atoms with Crippen molar-refractivity contribution in [2.75, 3.05) is 12.4 Å². The summed E-state index contributed by atoms with van der Waals surface area (Å²) < 4.78 is 5.03. The number of amides is 2. The number of rotatable bonds is 4. The SMILES string of the molecule is CC.COc1cccc(C(=O)Nc2ncsc2C(N)=O)c1. The summed E-state index contributed by atoms with van der Waals surface area (Å²) in [6, 6.07) is 6.65. The van der Waals surface area contributed by atoms with Gasteiger partial charge < -0.3 is 15.8 Å². The molecule has 0 atom stereocenters. The molecule has 3 N–H and O–H groups in total. The van der Waals surface area contributed by atoms with Gasteiger partial charge in [-0.25, -0.2) is 4.98 Å². The van der Waals surface area contributed by atoms with Crippen LogP contribution in [0.15, 0.2) is 29.8 Å². The number of thiazole rings is 1. The van der Waals surface area contributed by atoms with Crippen LogP contribution >= 0.6 is 11.3 Å². The van der Waals surface area contributed by atoms with Crippen molar-refractivity contribution >= 4 is 29.0 Å². The summed E-state index contributed by atoms with van der Waals surface area (Å²) in [6.07, 6.45) is 0. The summed E-state index contributed by atoms with van der Waals surface area (Å²) in [5, 5.41) is 2.54. The van der Waals surface area contributed by atoms with Gasteiger partial charge in [0.05, 0.1) is 12.6 Å². The fraction of sp³-hybridized carbons (Fsp3) is 0.214. The minimum absolute atomic E-state index is 0.172. The second-order valence-corrected chi connectivity index (χ2v) is 4.44. The highest BCUT2D eigenvalue weighted by atomic mass is 32.1. The van der Waals surface area contributed by atoms with E-state index in [-0.39, 0.29) is 16.6 Å². The van der Waals surface area contributed by atoms with Crippen LogP contribution in [0.3, 0.4) is 0 Å². The molecule has 2 aromatic rings. The van der Waals surface area contributed by atoms with Gasteiger partial charge in [0.2, 0.25) is 0 Å². The molecular weight excluding hydrogens is 290 g/mol. The van der Waals surface area contributed by atoms with Crippen LogP contribution in [0.5, 0.6) is 5.75 Å². The van der Waals surface area contributed by atoms with E-state index in [0.29, 0.717) is 11.3 Å². The number of nitrogens with one attached hydrogen (secondary N) is 1. The monoisotopic (exact) mass is 307 g/mol. The third-order valence-corrected chi connectivity index (χ3v) is 3.20. The second-order valence-electron chi connectivity index (χ2n) is 3.58. The molecule has 1 aromatic heterocycles. The van der Waals surface area contributed by atoms with Crippen molar-refractivity contribution in [3.63, 3.8) is 0 Å². The van der Waals surface area contributed by atoms with E-state index in [4.69, 9.17) is 10.5 Å². The number of anilines is 1. The van der Waals surface area contributed by atoms with Crippen molar-refractivity contribution in [2.24, 2.45) is 5.73 Å². The molecule has 21 heavy (non-hydrogen) atoms. The predicted molar refractivity (Wildman–Crippen MR) is 82.9 cm³/mol.